The fourth-order valence-corrected chi connectivity index (χ4v) is 1.55. The molecule has 16 heavy (non-hydrogen) atoms. The minimum atomic E-state index is -0.0206. The third-order valence-electron chi connectivity index (χ3n) is 2.35. The van der Waals surface area contributed by atoms with E-state index in [1.54, 1.807) is 24.1 Å². The van der Waals surface area contributed by atoms with Crippen LogP contribution in [0.15, 0.2) is 30.4 Å². The van der Waals surface area contributed by atoms with Crippen molar-refractivity contribution in [3.8, 4) is 0 Å². The zero-order valence-electron chi connectivity index (χ0n) is 10.1. The largest absolute Gasteiger partial charge is 0.399 e. The van der Waals surface area contributed by atoms with Crippen LogP contribution in [0.5, 0.6) is 0 Å². The summed E-state index contributed by atoms with van der Waals surface area (Å²) in [5.74, 6) is -0.0206. The predicted molar refractivity (Wildman–Crippen MR) is 67.4 cm³/mol. The van der Waals surface area contributed by atoms with E-state index in [9.17, 15) is 4.79 Å². The number of nitrogens with zero attached hydrogens (tertiary/aromatic N) is 1. The fourth-order valence-electron chi connectivity index (χ4n) is 1.55. The number of anilines is 1. The monoisotopic (exact) mass is 218 g/mol. The third kappa shape index (κ3) is 2.86. The lowest BCUT2D eigenvalue weighted by atomic mass is 10.1. The molecule has 1 rings (SSSR count). The highest BCUT2D eigenvalue weighted by atomic mass is 16.2. The van der Waals surface area contributed by atoms with Gasteiger partial charge >= 0.3 is 0 Å². The third-order valence-corrected chi connectivity index (χ3v) is 2.35. The van der Waals surface area contributed by atoms with Crippen molar-refractivity contribution in [2.75, 3.05) is 19.3 Å². The Kier molecular flexibility index (Phi) is 3.72. The normalized spacial score (nSPS) is 9.94. The van der Waals surface area contributed by atoms with Crippen molar-refractivity contribution >= 4 is 11.6 Å². The van der Waals surface area contributed by atoms with Crippen molar-refractivity contribution in [2.24, 2.45) is 0 Å². The Balaban J connectivity index is 2.95. The molecule has 0 fully saturated rings. The quantitative estimate of drug-likeness (QED) is 0.624. The molecule has 0 saturated carbocycles. The first-order chi connectivity index (χ1) is 7.41. The molecule has 1 aromatic rings. The van der Waals surface area contributed by atoms with Gasteiger partial charge in [0.05, 0.1) is 0 Å². The van der Waals surface area contributed by atoms with E-state index < -0.39 is 0 Å². The van der Waals surface area contributed by atoms with Crippen LogP contribution in [0.3, 0.4) is 0 Å². The Labute approximate surface area is 96.6 Å². The van der Waals surface area contributed by atoms with Gasteiger partial charge in [0.15, 0.2) is 0 Å². The minimum Gasteiger partial charge on any atom is -0.399 e. The van der Waals surface area contributed by atoms with Crippen LogP contribution in [0, 0.1) is 6.92 Å². The van der Waals surface area contributed by atoms with Gasteiger partial charge in [-0.2, -0.15) is 0 Å². The van der Waals surface area contributed by atoms with Gasteiger partial charge in [0.25, 0.3) is 5.91 Å². The number of nitrogen functional groups attached to an aromatic ring is 1. The smallest absolute Gasteiger partial charge is 0.254 e. The molecule has 1 aromatic carbocycles. The predicted octanol–water partition coefficient (Wildman–Crippen LogP) is 2.23. The van der Waals surface area contributed by atoms with Crippen LogP contribution in [0.2, 0.25) is 0 Å². The average molecular weight is 218 g/mol. The Morgan fingerprint density at radius 2 is 2.12 bits per heavy atom. The maximum atomic E-state index is 12.1. The maximum absolute atomic E-state index is 12.1. The van der Waals surface area contributed by atoms with Crippen LogP contribution in [0.25, 0.3) is 0 Å². The van der Waals surface area contributed by atoms with Gasteiger partial charge in [0.1, 0.15) is 0 Å². The summed E-state index contributed by atoms with van der Waals surface area (Å²) in [6, 6.07) is 5.37. The van der Waals surface area contributed by atoms with Crippen LogP contribution < -0.4 is 5.73 Å². The van der Waals surface area contributed by atoms with Crippen LogP contribution in [-0.4, -0.2) is 24.4 Å². The highest BCUT2D eigenvalue weighted by Crippen LogP contribution is 2.14. The Bertz CT molecular complexity index is 424. The van der Waals surface area contributed by atoms with Gasteiger partial charge in [-0.15, -0.1) is 0 Å². The molecule has 3 heteroatoms. The number of benzene rings is 1. The lowest BCUT2D eigenvalue weighted by molar-refractivity contribution is 0.0806. The fraction of sp³-hybridized carbons (Fsp3) is 0.308. The number of hydrogen-bond donors (Lipinski definition) is 1. The van der Waals surface area contributed by atoms with E-state index in [0.717, 1.165) is 11.1 Å². The number of hydrogen-bond acceptors (Lipinski definition) is 2. The van der Waals surface area contributed by atoms with Gasteiger partial charge in [0, 0.05) is 24.8 Å². The first-order valence-electron chi connectivity index (χ1n) is 5.17. The van der Waals surface area contributed by atoms with Crippen LogP contribution >= 0.6 is 0 Å². The summed E-state index contributed by atoms with van der Waals surface area (Å²) in [5.41, 5.74) is 8.84. The molecule has 0 aromatic heterocycles. The SMILES string of the molecule is C=C(C)CN(C)C(=O)c1cc(N)ccc1C. The first kappa shape index (κ1) is 12.3. The van der Waals surface area contributed by atoms with E-state index >= 15 is 0 Å². The Morgan fingerprint density at radius 1 is 1.50 bits per heavy atom. The molecule has 0 radical (unpaired) electrons. The second kappa shape index (κ2) is 4.84. The van der Waals surface area contributed by atoms with Crippen molar-refractivity contribution in [2.45, 2.75) is 13.8 Å². The highest BCUT2D eigenvalue weighted by Gasteiger charge is 2.13. The van der Waals surface area contributed by atoms with Crippen LogP contribution in [-0.2, 0) is 0 Å². The van der Waals surface area contributed by atoms with Crippen molar-refractivity contribution in [1.29, 1.82) is 0 Å². The average Bonchev–Trinajstić information content (AvgIpc) is 2.19. The molecule has 86 valence electrons. The first-order valence-corrected chi connectivity index (χ1v) is 5.17. The second-order valence-corrected chi connectivity index (χ2v) is 4.19. The molecular weight excluding hydrogens is 200 g/mol. The van der Waals surface area contributed by atoms with Crippen molar-refractivity contribution in [3.63, 3.8) is 0 Å². The number of aryl methyl sites for hydroxylation is 1. The summed E-state index contributed by atoms with van der Waals surface area (Å²) >= 11 is 0. The summed E-state index contributed by atoms with van der Waals surface area (Å²) < 4.78 is 0. The molecule has 0 bridgehead atoms. The molecule has 0 aliphatic rings. The lowest BCUT2D eigenvalue weighted by Gasteiger charge is -2.18. The molecule has 2 N–H and O–H groups in total. The lowest BCUT2D eigenvalue weighted by Crippen LogP contribution is -2.28. The molecule has 3 nitrogen and oxygen atoms in total. The molecular formula is C13H18N2O. The molecule has 0 heterocycles. The van der Waals surface area contributed by atoms with E-state index in [1.807, 2.05) is 19.9 Å². The van der Waals surface area contributed by atoms with Crippen LogP contribution in [0.1, 0.15) is 22.8 Å². The topological polar surface area (TPSA) is 46.3 Å². The van der Waals surface area contributed by atoms with Gasteiger partial charge in [0.2, 0.25) is 0 Å². The summed E-state index contributed by atoms with van der Waals surface area (Å²) in [6.07, 6.45) is 0. The van der Waals surface area contributed by atoms with Crippen molar-refractivity contribution in [1.82, 2.24) is 4.90 Å². The number of carbonyl (C=O) groups is 1. The van der Waals surface area contributed by atoms with Gasteiger partial charge in [-0.1, -0.05) is 18.2 Å². The minimum absolute atomic E-state index is 0.0206. The van der Waals surface area contributed by atoms with Gasteiger partial charge in [-0.3, -0.25) is 4.79 Å². The summed E-state index contributed by atoms with van der Waals surface area (Å²) in [5, 5.41) is 0. The summed E-state index contributed by atoms with van der Waals surface area (Å²) in [4.78, 5) is 13.7. The number of rotatable bonds is 3. The molecule has 0 aliphatic heterocycles. The molecule has 0 atom stereocenters. The summed E-state index contributed by atoms with van der Waals surface area (Å²) in [7, 11) is 1.76. The highest BCUT2D eigenvalue weighted by molar-refractivity contribution is 5.96. The van der Waals surface area contributed by atoms with Crippen molar-refractivity contribution in [3.05, 3.63) is 41.5 Å². The van der Waals surface area contributed by atoms with E-state index in [0.29, 0.717) is 17.8 Å². The summed E-state index contributed by atoms with van der Waals surface area (Å²) in [6.45, 7) is 8.16. The number of likely N-dealkylation sites (N-methyl/N-ethyl adjacent to an activating group) is 1. The number of amides is 1. The van der Waals surface area contributed by atoms with Gasteiger partial charge < -0.3 is 10.6 Å². The molecule has 0 saturated heterocycles. The zero-order chi connectivity index (χ0) is 12.3. The Morgan fingerprint density at radius 3 is 2.69 bits per heavy atom. The van der Waals surface area contributed by atoms with E-state index in [2.05, 4.69) is 6.58 Å². The zero-order valence-corrected chi connectivity index (χ0v) is 10.1. The number of carbonyl (C=O) groups excluding carboxylic acids is 1. The second-order valence-electron chi connectivity index (χ2n) is 4.19. The van der Waals surface area contributed by atoms with E-state index in [1.165, 1.54) is 0 Å². The standard InChI is InChI=1S/C13H18N2O/c1-9(2)8-15(4)13(16)12-7-11(14)6-5-10(12)3/h5-7H,1,8,14H2,2-4H3. The molecule has 1 amide bonds. The number of nitrogens with two attached hydrogens (primary N) is 1. The Hall–Kier alpha value is -1.77. The van der Waals surface area contributed by atoms with Gasteiger partial charge in [-0.25, -0.2) is 0 Å². The van der Waals surface area contributed by atoms with Gasteiger partial charge in [-0.05, 0) is 31.5 Å². The van der Waals surface area contributed by atoms with Crippen molar-refractivity contribution < 1.29 is 4.79 Å². The molecule has 0 unspecified atom stereocenters. The maximum Gasteiger partial charge on any atom is 0.254 e. The molecule has 0 spiro atoms. The molecule has 0 aliphatic carbocycles. The van der Waals surface area contributed by atoms with E-state index in [-0.39, 0.29) is 5.91 Å². The van der Waals surface area contributed by atoms with E-state index in [4.69, 9.17) is 5.73 Å². The van der Waals surface area contributed by atoms with Crippen LogP contribution in [0.4, 0.5) is 5.69 Å².